The molecule has 0 spiro atoms. The SMILES string of the molecule is C#CCNN(CC#C)C(=O)OC(C)(C)C. The smallest absolute Gasteiger partial charge is 0.425 e. The van der Waals surface area contributed by atoms with E-state index in [0.29, 0.717) is 0 Å². The largest absolute Gasteiger partial charge is 0.443 e. The number of hydrogen-bond acceptors (Lipinski definition) is 3. The zero-order valence-corrected chi connectivity index (χ0v) is 9.33. The molecule has 0 aliphatic heterocycles. The van der Waals surface area contributed by atoms with Gasteiger partial charge >= 0.3 is 6.09 Å². The maximum Gasteiger partial charge on any atom is 0.425 e. The highest BCUT2D eigenvalue weighted by Gasteiger charge is 2.20. The van der Waals surface area contributed by atoms with Crippen LogP contribution in [0.2, 0.25) is 0 Å². The highest BCUT2D eigenvalue weighted by molar-refractivity contribution is 5.67. The van der Waals surface area contributed by atoms with Crippen LogP contribution in [0.5, 0.6) is 0 Å². The molecule has 0 fully saturated rings. The second-order valence-electron chi connectivity index (χ2n) is 3.81. The summed E-state index contributed by atoms with van der Waals surface area (Å²) in [7, 11) is 0. The molecule has 1 amide bonds. The van der Waals surface area contributed by atoms with E-state index < -0.39 is 11.7 Å². The Labute approximate surface area is 90.9 Å². The summed E-state index contributed by atoms with van der Waals surface area (Å²) >= 11 is 0. The number of nitrogens with one attached hydrogen (secondary N) is 1. The number of nitrogens with zero attached hydrogens (tertiary/aromatic N) is 1. The molecule has 0 aromatic rings. The van der Waals surface area contributed by atoms with Crippen molar-refractivity contribution in [3.05, 3.63) is 0 Å². The lowest BCUT2D eigenvalue weighted by Crippen LogP contribution is -2.45. The molecule has 4 heteroatoms. The summed E-state index contributed by atoms with van der Waals surface area (Å²) < 4.78 is 5.11. The van der Waals surface area contributed by atoms with Gasteiger partial charge in [0, 0.05) is 0 Å². The van der Waals surface area contributed by atoms with Crippen LogP contribution >= 0.6 is 0 Å². The second-order valence-corrected chi connectivity index (χ2v) is 3.81. The third-order valence-electron chi connectivity index (χ3n) is 1.24. The van der Waals surface area contributed by atoms with Crippen LogP contribution in [0.15, 0.2) is 0 Å². The van der Waals surface area contributed by atoms with Crippen LogP contribution in [0.1, 0.15) is 20.8 Å². The Morgan fingerprint density at radius 2 is 2.00 bits per heavy atom. The first-order chi connectivity index (χ1) is 6.90. The van der Waals surface area contributed by atoms with E-state index in [1.165, 1.54) is 5.01 Å². The number of hydrazine groups is 1. The first-order valence-electron chi connectivity index (χ1n) is 4.51. The van der Waals surface area contributed by atoms with E-state index in [-0.39, 0.29) is 13.1 Å². The average molecular weight is 208 g/mol. The van der Waals surface area contributed by atoms with Crippen molar-refractivity contribution in [2.45, 2.75) is 26.4 Å². The van der Waals surface area contributed by atoms with Crippen molar-refractivity contribution in [2.24, 2.45) is 0 Å². The minimum atomic E-state index is -0.554. The molecule has 0 radical (unpaired) electrons. The summed E-state index contributed by atoms with van der Waals surface area (Å²) in [4.78, 5) is 11.5. The topological polar surface area (TPSA) is 41.6 Å². The highest BCUT2D eigenvalue weighted by atomic mass is 16.6. The molecule has 0 aliphatic carbocycles. The summed E-state index contributed by atoms with van der Waals surface area (Å²) in [6.07, 6.45) is 9.64. The number of rotatable bonds is 3. The predicted molar refractivity (Wildman–Crippen MR) is 58.6 cm³/mol. The summed E-state index contributed by atoms with van der Waals surface area (Å²) in [5, 5.41) is 1.17. The quantitative estimate of drug-likeness (QED) is 0.555. The first kappa shape index (κ1) is 13.4. The van der Waals surface area contributed by atoms with Crippen molar-refractivity contribution in [3.8, 4) is 24.7 Å². The van der Waals surface area contributed by atoms with Gasteiger partial charge in [-0.3, -0.25) is 0 Å². The van der Waals surface area contributed by atoms with E-state index in [2.05, 4.69) is 17.3 Å². The van der Waals surface area contributed by atoms with Gasteiger partial charge in [-0.15, -0.1) is 12.8 Å². The van der Waals surface area contributed by atoms with Crippen molar-refractivity contribution in [3.63, 3.8) is 0 Å². The van der Waals surface area contributed by atoms with Crippen LogP contribution in [-0.2, 0) is 4.74 Å². The number of hydrogen-bond donors (Lipinski definition) is 1. The summed E-state index contributed by atoms with van der Waals surface area (Å²) in [5.74, 6) is 4.68. The highest BCUT2D eigenvalue weighted by Crippen LogP contribution is 2.08. The van der Waals surface area contributed by atoms with Gasteiger partial charge < -0.3 is 4.74 Å². The molecule has 0 unspecified atom stereocenters. The Kier molecular flexibility index (Phi) is 5.30. The zero-order valence-electron chi connectivity index (χ0n) is 9.33. The van der Waals surface area contributed by atoms with Crippen LogP contribution in [0.3, 0.4) is 0 Å². The Morgan fingerprint density at radius 3 is 2.40 bits per heavy atom. The van der Waals surface area contributed by atoms with Crippen molar-refractivity contribution < 1.29 is 9.53 Å². The molecule has 0 heterocycles. The fraction of sp³-hybridized carbons (Fsp3) is 0.545. The van der Waals surface area contributed by atoms with Crippen LogP contribution in [-0.4, -0.2) is 29.8 Å². The molecule has 0 aromatic heterocycles. The lowest BCUT2D eigenvalue weighted by Gasteiger charge is -2.25. The maximum atomic E-state index is 11.5. The average Bonchev–Trinajstić information content (AvgIpc) is 2.09. The number of ether oxygens (including phenoxy) is 1. The first-order valence-corrected chi connectivity index (χ1v) is 4.51. The molecular weight excluding hydrogens is 192 g/mol. The van der Waals surface area contributed by atoms with E-state index in [9.17, 15) is 4.79 Å². The van der Waals surface area contributed by atoms with E-state index in [4.69, 9.17) is 17.6 Å². The summed E-state index contributed by atoms with van der Waals surface area (Å²) in [6, 6.07) is 0. The lowest BCUT2D eigenvalue weighted by atomic mass is 10.2. The van der Waals surface area contributed by atoms with Gasteiger partial charge in [0.15, 0.2) is 0 Å². The minimum Gasteiger partial charge on any atom is -0.443 e. The monoisotopic (exact) mass is 208 g/mol. The van der Waals surface area contributed by atoms with Crippen LogP contribution < -0.4 is 5.43 Å². The molecule has 0 saturated carbocycles. The fourth-order valence-corrected chi connectivity index (χ4v) is 0.734. The van der Waals surface area contributed by atoms with Gasteiger partial charge in [0.2, 0.25) is 0 Å². The molecule has 0 rings (SSSR count). The van der Waals surface area contributed by atoms with Crippen LogP contribution in [0.4, 0.5) is 4.79 Å². The molecule has 0 aliphatic rings. The Hall–Kier alpha value is -1.65. The number of amides is 1. The second kappa shape index (κ2) is 5.95. The Bertz CT molecular complexity index is 291. The minimum absolute atomic E-state index is 0.108. The van der Waals surface area contributed by atoms with Crippen LogP contribution in [0.25, 0.3) is 0 Å². The summed E-state index contributed by atoms with van der Waals surface area (Å²) in [5.41, 5.74) is 2.12. The van der Waals surface area contributed by atoms with E-state index in [0.717, 1.165) is 0 Å². The van der Waals surface area contributed by atoms with Crippen molar-refractivity contribution in [1.82, 2.24) is 10.4 Å². The standard InChI is InChI=1S/C11H16N2O2/c1-6-8-12-13(9-7-2)10(14)15-11(3,4)5/h1-2,12H,8-9H2,3-5H3. The molecule has 82 valence electrons. The van der Waals surface area contributed by atoms with Crippen molar-refractivity contribution in [1.29, 1.82) is 0 Å². The van der Waals surface area contributed by atoms with E-state index in [1.54, 1.807) is 20.8 Å². The lowest BCUT2D eigenvalue weighted by molar-refractivity contribution is 0.0182. The molecule has 15 heavy (non-hydrogen) atoms. The molecule has 4 nitrogen and oxygen atoms in total. The van der Waals surface area contributed by atoms with Crippen molar-refractivity contribution >= 4 is 6.09 Å². The third kappa shape index (κ3) is 6.42. The molecule has 0 aromatic carbocycles. The maximum absolute atomic E-state index is 11.5. The zero-order chi connectivity index (χ0) is 11.9. The molecular formula is C11H16N2O2. The number of terminal acetylenes is 2. The van der Waals surface area contributed by atoms with Gasteiger partial charge in [0.1, 0.15) is 12.1 Å². The molecule has 1 N–H and O–H groups in total. The third-order valence-corrected chi connectivity index (χ3v) is 1.24. The van der Waals surface area contributed by atoms with Gasteiger partial charge in [-0.1, -0.05) is 11.8 Å². The number of carbonyl (C=O) groups is 1. The Balaban J connectivity index is 4.31. The van der Waals surface area contributed by atoms with Gasteiger partial charge in [0.05, 0.1) is 6.54 Å². The fourth-order valence-electron chi connectivity index (χ4n) is 0.734. The molecule has 0 bridgehead atoms. The Morgan fingerprint density at radius 1 is 1.40 bits per heavy atom. The predicted octanol–water partition coefficient (Wildman–Crippen LogP) is 0.994. The van der Waals surface area contributed by atoms with Gasteiger partial charge in [-0.05, 0) is 20.8 Å². The van der Waals surface area contributed by atoms with E-state index >= 15 is 0 Å². The molecule has 0 atom stereocenters. The van der Waals surface area contributed by atoms with Gasteiger partial charge in [0.25, 0.3) is 0 Å². The number of carbonyl (C=O) groups excluding carboxylic acids is 1. The van der Waals surface area contributed by atoms with Crippen LogP contribution in [0, 0.1) is 24.7 Å². The molecule has 0 saturated heterocycles. The van der Waals surface area contributed by atoms with Crippen molar-refractivity contribution in [2.75, 3.05) is 13.1 Å². The normalized spacial score (nSPS) is 9.93. The summed E-state index contributed by atoms with van der Waals surface area (Å²) in [6.45, 7) is 5.66. The van der Waals surface area contributed by atoms with E-state index in [1.807, 2.05) is 0 Å². The van der Waals surface area contributed by atoms with Gasteiger partial charge in [-0.25, -0.2) is 15.2 Å². The van der Waals surface area contributed by atoms with Gasteiger partial charge in [-0.2, -0.15) is 0 Å².